The van der Waals surface area contributed by atoms with Crippen molar-refractivity contribution in [3.63, 3.8) is 0 Å². The van der Waals surface area contributed by atoms with Gasteiger partial charge in [0.2, 0.25) is 0 Å². The van der Waals surface area contributed by atoms with Crippen LogP contribution in [0.4, 0.5) is 5.13 Å². The van der Waals surface area contributed by atoms with E-state index in [-0.39, 0.29) is 5.91 Å². The van der Waals surface area contributed by atoms with Gasteiger partial charge in [-0.1, -0.05) is 0 Å². The second kappa shape index (κ2) is 6.03. The van der Waals surface area contributed by atoms with E-state index in [1.165, 1.54) is 4.88 Å². The summed E-state index contributed by atoms with van der Waals surface area (Å²) in [6.45, 7) is 4.09. The van der Waals surface area contributed by atoms with Gasteiger partial charge >= 0.3 is 0 Å². The van der Waals surface area contributed by atoms with Crippen LogP contribution in [0.3, 0.4) is 0 Å². The molecule has 0 aromatic carbocycles. The lowest BCUT2D eigenvalue weighted by atomic mass is 9.97. The van der Waals surface area contributed by atoms with Crippen LogP contribution in [0.5, 0.6) is 0 Å². The molecule has 0 atom stereocenters. The van der Waals surface area contributed by atoms with Crippen LogP contribution < -0.4 is 10.6 Å². The van der Waals surface area contributed by atoms with E-state index in [0.717, 1.165) is 37.1 Å². The highest BCUT2D eigenvalue weighted by atomic mass is 32.1. The number of aryl methyl sites for hydroxylation is 1. The number of carbonyl (C=O) groups is 1. The normalized spacial score (nSPS) is 16.2. The lowest BCUT2D eigenvalue weighted by molar-refractivity contribution is 0.102. The van der Waals surface area contributed by atoms with Gasteiger partial charge in [0.1, 0.15) is 0 Å². The average molecular weight is 307 g/mol. The van der Waals surface area contributed by atoms with Crippen molar-refractivity contribution < 1.29 is 4.79 Å². The largest absolute Gasteiger partial charge is 0.317 e. The van der Waals surface area contributed by atoms with Crippen LogP contribution >= 0.6 is 22.7 Å². The molecule has 106 valence electrons. The van der Waals surface area contributed by atoms with Crippen LogP contribution in [-0.2, 0) is 0 Å². The monoisotopic (exact) mass is 307 g/mol. The molecule has 1 aliphatic rings. The highest BCUT2D eigenvalue weighted by Gasteiger charge is 2.19. The maximum atomic E-state index is 12.1. The fraction of sp³-hybridized carbons (Fsp3) is 0.429. The Labute approximate surface area is 126 Å². The number of thiophene rings is 1. The number of piperidine rings is 1. The highest BCUT2D eigenvalue weighted by molar-refractivity contribution is 7.15. The molecule has 0 spiro atoms. The standard InChI is InChI=1S/C14H17N3OS2/c1-9-7-19-8-11(9)13(18)17-14-16-6-12(20-14)10-2-4-15-5-3-10/h6-8,10,15H,2-5H2,1H3,(H,16,17,18). The number of aromatic nitrogens is 1. The first kappa shape index (κ1) is 13.7. The number of carbonyl (C=O) groups excluding carboxylic acids is 1. The number of nitrogens with one attached hydrogen (secondary N) is 2. The van der Waals surface area contributed by atoms with Gasteiger partial charge in [-0.2, -0.15) is 11.3 Å². The van der Waals surface area contributed by atoms with Gasteiger partial charge in [-0.3, -0.25) is 10.1 Å². The number of nitrogens with zero attached hydrogens (tertiary/aromatic N) is 1. The summed E-state index contributed by atoms with van der Waals surface area (Å²) in [5.41, 5.74) is 1.76. The molecule has 1 aliphatic heterocycles. The van der Waals surface area contributed by atoms with Crippen LogP contribution in [0, 0.1) is 6.92 Å². The van der Waals surface area contributed by atoms with Crippen molar-refractivity contribution in [1.29, 1.82) is 0 Å². The molecule has 1 fully saturated rings. The molecule has 0 bridgehead atoms. The van der Waals surface area contributed by atoms with Gasteiger partial charge in [0.05, 0.1) is 5.56 Å². The first-order valence-electron chi connectivity index (χ1n) is 6.74. The first-order chi connectivity index (χ1) is 9.74. The summed E-state index contributed by atoms with van der Waals surface area (Å²) in [5.74, 6) is 0.525. The Morgan fingerprint density at radius 1 is 1.40 bits per heavy atom. The van der Waals surface area contributed by atoms with Crippen molar-refractivity contribution in [2.24, 2.45) is 0 Å². The second-order valence-corrected chi connectivity index (χ2v) is 6.82. The molecule has 2 aromatic rings. The number of rotatable bonds is 3. The lowest BCUT2D eigenvalue weighted by Gasteiger charge is -2.20. The van der Waals surface area contributed by atoms with E-state index in [1.807, 2.05) is 23.9 Å². The van der Waals surface area contributed by atoms with Gasteiger partial charge in [-0.25, -0.2) is 4.98 Å². The third kappa shape index (κ3) is 2.92. The van der Waals surface area contributed by atoms with E-state index in [0.29, 0.717) is 11.0 Å². The summed E-state index contributed by atoms with van der Waals surface area (Å²) in [4.78, 5) is 17.8. The quantitative estimate of drug-likeness (QED) is 0.915. The zero-order valence-electron chi connectivity index (χ0n) is 11.3. The van der Waals surface area contributed by atoms with Gasteiger partial charge in [-0.05, 0) is 49.7 Å². The summed E-state index contributed by atoms with van der Waals surface area (Å²) in [6, 6.07) is 0. The summed E-state index contributed by atoms with van der Waals surface area (Å²) in [6.07, 6.45) is 4.22. The first-order valence-corrected chi connectivity index (χ1v) is 8.50. The van der Waals surface area contributed by atoms with Crippen LogP contribution in [0.25, 0.3) is 0 Å². The smallest absolute Gasteiger partial charge is 0.258 e. The molecule has 2 N–H and O–H groups in total. The SMILES string of the molecule is Cc1cscc1C(=O)Nc1ncc(C2CCNCC2)s1. The van der Waals surface area contributed by atoms with E-state index in [9.17, 15) is 4.79 Å². The van der Waals surface area contributed by atoms with Crippen molar-refractivity contribution >= 4 is 33.7 Å². The Kier molecular flexibility index (Phi) is 4.14. The third-order valence-corrected chi connectivity index (χ3v) is 5.52. The van der Waals surface area contributed by atoms with E-state index in [1.54, 1.807) is 22.7 Å². The van der Waals surface area contributed by atoms with E-state index < -0.39 is 0 Å². The number of hydrogen-bond acceptors (Lipinski definition) is 5. The van der Waals surface area contributed by atoms with Gasteiger partial charge in [0, 0.05) is 16.5 Å². The summed E-state index contributed by atoms with van der Waals surface area (Å²) in [7, 11) is 0. The number of hydrogen-bond donors (Lipinski definition) is 2. The molecular formula is C14H17N3OS2. The predicted molar refractivity (Wildman–Crippen MR) is 84.0 cm³/mol. The molecule has 1 amide bonds. The molecule has 0 saturated carbocycles. The van der Waals surface area contributed by atoms with Crippen LogP contribution in [0.2, 0.25) is 0 Å². The topological polar surface area (TPSA) is 54.0 Å². The molecule has 1 saturated heterocycles. The van der Waals surface area contributed by atoms with Gasteiger partial charge in [0.15, 0.2) is 5.13 Å². The third-order valence-electron chi connectivity index (χ3n) is 3.59. The van der Waals surface area contributed by atoms with Crippen LogP contribution in [-0.4, -0.2) is 24.0 Å². The Bertz CT molecular complexity index is 599. The van der Waals surface area contributed by atoms with Crippen LogP contribution in [0.1, 0.15) is 39.6 Å². The predicted octanol–water partition coefficient (Wildman–Crippen LogP) is 3.23. The molecule has 3 heterocycles. The summed E-state index contributed by atoms with van der Waals surface area (Å²) >= 11 is 3.15. The molecular weight excluding hydrogens is 290 g/mol. The van der Waals surface area contributed by atoms with Gasteiger partial charge in [-0.15, -0.1) is 11.3 Å². The molecule has 4 nitrogen and oxygen atoms in total. The minimum absolute atomic E-state index is 0.0602. The van der Waals surface area contributed by atoms with Crippen LogP contribution in [0.15, 0.2) is 17.0 Å². The maximum absolute atomic E-state index is 12.1. The average Bonchev–Trinajstić information content (AvgIpc) is 3.09. The van der Waals surface area contributed by atoms with E-state index >= 15 is 0 Å². The number of amides is 1. The van der Waals surface area contributed by atoms with Gasteiger partial charge in [0.25, 0.3) is 5.91 Å². The van der Waals surface area contributed by atoms with Crippen molar-refractivity contribution in [3.05, 3.63) is 33.0 Å². The number of anilines is 1. The van der Waals surface area contributed by atoms with Crippen molar-refractivity contribution in [2.75, 3.05) is 18.4 Å². The van der Waals surface area contributed by atoms with Crippen molar-refractivity contribution in [1.82, 2.24) is 10.3 Å². The van der Waals surface area contributed by atoms with E-state index in [4.69, 9.17) is 0 Å². The molecule has 0 radical (unpaired) electrons. The second-order valence-electron chi connectivity index (χ2n) is 5.01. The van der Waals surface area contributed by atoms with Crippen molar-refractivity contribution in [2.45, 2.75) is 25.7 Å². The fourth-order valence-corrected chi connectivity index (χ4v) is 4.21. The molecule has 0 aliphatic carbocycles. The molecule has 20 heavy (non-hydrogen) atoms. The molecule has 0 unspecified atom stereocenters. The summed E-state index contributed by atoms with van der Waals surface area (Å²) < 4.78 is 0. The lowest BCUT2D eigenvalue weighted by Crippen LogP contribution is -2.26. The minimum Gasteiger partial charge on any atom is -0.317 e. The molecule has 6 heteroatoms. The highest BCUT2D eigenvalue weighted by Crippen LogP contribution is 2.31. The Morgan fingerprint density at radius 2 is 2.20 bits per heavy atom. The maximum Gasteiger partial charge on any atom is 0.258 e. The Balaban J connectivity index is 1.68. The van der Waals surface area contributed by atoms with Crippen molar-refractivity contribution in [3.8, 4) is 0 Å². The number of thiazole rings is 1. The molecule has 3 rings (SSSR count). The fourth-order valence-electron chi connectivity index (χ4n) is 2.40. The minimum atomic E-state index is -0.0602. The van der Waals surface area contributed by atoms with Gasteiger partial charge < -0.3 is 5.32 Å². The zero-order valence-corrected chi connectivity index (χ0v) is 12.9. The molecule has 2 aromatic heterocycles. The Morgan fingerprint density at radius 3 is 2.90 bits per heavy atom. The summed E-state index contributed by atoms with van der Waals surface area (Å²) in [5, 5.41) is 10.8. The zero-order chi connectivity index (χ0) is 13.9. The van der Waals surface area contributed by atoms with E-state index in [2.05, 4.69) is 15.6 Å². The Hall–Kier alpha value is -1.24.